The van der Waals surface area contributed by atoms with Crippen LogP contribution in [0.4, 0.5) is 0 Å². The summed E-state index contributed by atoms with van der Waals surface area (Å²) in [5.41, 5.74) is 0. The molecule has 0 N–H and O–H groups in total. The second-order valence-electron chi connectivity index (χ2n) is 4.27. The second-order valence-corrected chi connectivity index (χ2v) is 4.27. The lowest BCUT2D eigenvalue weighted by Crippen LogP contribution is -1.80. The third kappa shape index (κ3) is 11.7. The SMILES string of the molecule is C1=CCCCCCC1.CCC(C)C. The van der Waals surface area contributed by atoms with E-state index < -0.39 is 0 Å². The van der Waals surface area contributed by atoms with E-state index in [9.17, 15) is 0 Å². The molecule has 0 heteroatoms. The van der Waals surface area contributed by atoms with E-state index in [1.54, 1.807) is 0 Å². The van der Waals surface area contributed by atoms with E-state index in [0.29, 0.717) is 0 Å². The fourth-order valence-electron chi connectivity index (χ4n) is 1.11. The van der Waals surface area contributed by atoms with E-state index in [0.717, 1.165) is 5.92 Å². The average molecular weight is 182 g/mol. The van der Waals surface area contributed by atoms with Crippen LogP contribution in [-0.4, -0.2) is 0 Å². The fraction of sp³-hybridized carbons (Fsp3) is 0.846. The second kappa shape index (κ2) is 9.83. The molecule has 0 aromatic heterocycles. The van der Waals surface area contributed by atoms with Crippen molar-refractivity contribution >= 4 is 0 Å². The summed E-state index contributed by atoms with van der Waals surface area (Å²) in [5.74, 6) is 0.884. The fourth-order valence-corrected chi connectivity index (χ4v) is 1.11. The van der Waals surface area contributed by atoms with E-state index in [-0.39, 0.29) is 0 Å². The zero-order valence-electron chi connectivity index (χ0n) is 9.68. The lowest BCUT2D eigenvalue weighted by Gasteiger charge is -2.00. The number of hydrogen-bond donors (Lipinski definition) is 0. The maximum atomic E-state index is 2.32. The van der Waals surface area contributed by atoms with Gasteiger partial charge in [-0.2, -0.15) is 0 Å². The van der Waals surface area contributed by atoms with Crippen molar-refractivity contribution in [1.82, 2.24) is 0 Å². The maximum absolute atomic E-state index is 2.32. The number of allylic oxidation sites excluding steroid dienone is 2. The lowest BCUT2D eigenvalue weighted by molar-refractivity contribution is 0.626. The van der Waals surface area contributed by atoms with Gasteiger partial charge in [0.2, 0.25) is 0 Å². The zero-order chi connectivity index (χ0) is 9.94. The van der Waals surface area contributed by atoms with Crippen LogP contribution in [0.25, 0.3) is 0 Å². The van der Waals surface area contributed by atoms with Crippen molar-refractivity contribution in [3.05, 3.63) is 12.2 Å². The summed E-state index contributed by atoms with van der Waals surface area (Å²) in [4.78, 5) is 0. The van der Waals surface area contributed by atoms with Crippen molar-refractivity contribution in [2.24, 2.45) is 5.92 Å². The summed E-state index contributed by atoms with van der Waals surface area (Å²) < 4.78 is 0. The summed E-state index contributed by atoms with van der Waals surface area (Å²) in [6, 6.07) is 0. The highest BCUT2D eigenvalue weighted by Crippen LogP contribution is 2.09. The van der Waals surface area contributed by atoms with Gasteiger partial charge in [0.1, 0.15) is 0 Å². The van der Waals surface area contributed by atoms with Gasteiger partial charge in [0.15, 0.2) is 0 Å². The van der Waals surface area contributed by atoms with Gasteiger partial charge in [0, 0.05) is 0 Å². The van der Waals surface area contributed by atoms with E-state index in [2.05, 4.69) is 32.9 Å². The Labute approximate surface area is 84.4 Å². The minimum absolute atomic E-state index is 0.884. The molecule has 0 amide bonds. The van der Waals surface area contributed by atoms with Crippen LogP contribution in [0.15, 0.2) is 12.2 Å². The monoisotopic (exact) mass is 182 g/mol. The van der Waals surface area contributed by atoms with Crippen molar-refractivity contribution in [1.29, 1.82) is 0 Å². The van der Waals surface area contributed by atoms with Crippen LogP contribution in [0.5, 0.6) is 0 Å². The summed E-state index contributed by atoms with van der Waals surface area (Å²) in [5, 5.41) is 0. The first-order chi connectivity index (χ1) is 6.27. The Bertz CT molecular complexity index is 101. The predicted molar refractivity (Wildman–Crippen MR) is 62.0 cm³/mol. The van der Waals surface area contributed by atoms with Gasteiger partial charge in [-0.25, -0.2) is 0 Å². The molecule has 0 heterocycles. The van der Waals surface area contributed by atoms with Crippen molar-refractivity contribution in [3.8, 4) is 0 Å². The molecular formula is C13H26. The van der Waals surface area contributed by atoms with E-state index in [4.69, 9.17) is 0 Å². The molecule has 0 saturated carbocycles. The Morgan fingerprint density at radius 3 is 1.62 bits per heavy atom. The third-order valence-electron chi connectivity index (χ3n) is 2.47. The Balaban J connectivity index is 0.000000252. The van der Waals surface area contributed by atoms with Crippen LogP contribution < -0.4 is 0 Å². The highest BCUT2D eigenvalue weighted by atomic mass is 14.0. The topological polar surface area (TPSA) is 0 Å². The maximum Gasteiger partial charge on any atom is -0.0351 e. The first-order valence-corrected chi connectivity index (χ1v) is 5.92. The Morgan fingerprint density at radius 1 is 0.923 bits per heavy atom. The first kappa shape index (κ1) is 12.7. The van der Waals surface area contributed by atoms with E-state index >= 15 is 0 Å². The van der Waals surface area contributed by atoms with Crippen LogP contribution in [0, 0.1) is 5.92 Å². The molecule has 0 bridgehead atoms. The standard InChI is InChI=1S/C8H14.C5H12/c1-2-4-6-8-7-5-3-1;1-4-5(2)3/h1-2H,3-8H2;5H,4H2,1-3H3. The molecule has 0 atom stereocenters. The molecule has 0 unspecified atom stereocenters. The minimum Gasteiger partial charge on any atom is -0.0885 e. The molecule has 0 aliphatic heterocycles. The van der Waals surface area contributed by atoms with Gasteiger partial charge in [0.05, 0.1) is 0 Å². The Kier molecular flexibility index (Phi) is 9.63. The quantitative estimate of drug-likeness (QED) is 0.503. The molecule has 0 fully saturated rings. The van der Waals surface area contributed by atoms with Gasteiger partial charge in [0.25, 0.3) is 0 Å². The molecule has 1 rings (SSSR count). The van der Waals surface area contributed by atoms with Gasteiger partial charge in [-0.15, -0.1) is 0 Å². The van der Waals surface area contributed by atoms with Crippen molar-refractivity contribution < 1.29 is 0 Å². The molecule has 0 nitrogen and oxygen atoms in total. The number of rotatable bonds is 1. The molecule has 0 saturated heterocycles. The summed E-state index contributed by atoms with van der Waals surface area (Å²) in [6.07, 6.45) is 14.3. The molecular weight excluding hydrogens is 156 g/mol. The molecule has 78 valence electrons. The van der Waals surface area contributed by atoms with Crippen molar-refractivity contribution in [2.45, 2.75) is 65.7 Å². The van der Waals surface area contributed by atoms with E-state index in [1.165, 1.54) is 44.9 Å². The summed E-state index contributed by atoms with van der Waals surface area (Å²) in [6.45, 7) is 6.64. The molecule has 13 heavy (non-hydrogen) atoms. The molecule has 0 spiro atoms. The predicted octanol–water partition coefficient (Wildman–Crippen LogP) is 4.95. The van der Waals surface area contributed by atoms with Crippen LogP contribution in [-0.2, 0) is 0 Å². The van der Waals surface area contributed by atoms with Crippen molar-refractivity contribution in [3.63, 3.8) is 0 Å². The third-order valence-corrected chi connectivity index (χ3v) is 2.47. The number of hydrogen-bond acceptors (Lipinski definition) is 0. The van der Waals surface area contributed by atoms with E-state index in [1.807, 2.05) is 0 Å². The summed E-state index contributed by atoms with van der Waals surface area (Å²) >= 11 is 0. The molecule has 1 aliphatic carbocycles. The largest absolute Gasteiger partial charge is 0.0885 e. The van der Waals surface area contributed by atoms with Gasteiger partial charge >= 0.3 is 0 Å². The first-order valence-electron chi connectivity index (χ1n) is 5.92. The van der Waals surface area contributed by atoms with Crippen LogP contribution >= 0.6 is 0 Å². The molecule has 0 aromatic rings. The smallest absolute Gasteiger partial charge is 0.0351 e. The highest BCUT2D eigenvalue weighted by Gasteiger charge is 1.89. The van der Waals surface area contributed by atoms with Gasteiger partial charge < -0.3 is 0 Å². The van der Waals surface area contributed by atoms with Crippen LogP contribution in [0.1, 0.15) is 65.7 Å². The zero-order valence-corrected chi connectivity index (χ0v) is 9.68. The van der Waals surface area contributed by atoms with Gasteiger partial charge in [-0.3, -0.25) is 0 Å². The van der Waals surface area contributed by atoms with Crippen LogP contribution in [0.3, 0.4) is 0 Å². The molecule has 1 aliphatic rings. The van der Waals surface area contributed by atoms with Crippen molar-refractivity contribution in [2.75, 3.05) is 0 Å². The highest BCUT2D eigenvalue weighted by molar-refractivity contribution is 4.82. The molecule has 0 aromatic carbocycles. The lowest BCUT2D eigenvalue weighted by atomic mass is 10.1. The minimum atomic E-state index is 0.884. The normalized spacial score (nSPS) is 17.2. The molecule has 0 radical (unpaired) electrons. The average Bonchev–Trinajstić information content (AvgIpc) is 2.04. The van der Waals surface area contributed by atoms with Crippen LogP contribution in [0.2, 0.25) is 0 Å². The Hall–Kier alpha value is -0.260. The summed E-state index contributed by atoms with van der Waals surface area (Å²) in [7, 11) is 0. The Morgan fingerprint density at radius 2 is 1.31 bits per heavy atom. The van der Waals surface area contributed by atoms with Gasteiger partial charge in [-0.1, -0.05) is 52.2 Å². The van der Waals surface area contributed by atoms with Gasteiger partial charge in [-0.05, 0) is 31.6 Å².